The van der Waals surface area contributed by atoms with Gasteiger partial charge in [-0.05, 0) is 24.5 Å². The van der Waals surface area contributed by atoms with E-state index in [-0.39, 0.29) is 11.8 Å². The zero-order chi connectivity index (χ0) is 12.0. The molecule has 0 spiro atoms. The summed E-state index contributed by atoms with van der Waals surface area (Å²) in [6, 6.07) is 7.98. The van der Waals surface area contributed by atoms with Gasteiger partial charge >= 0.3 is 0 Å². The van der Waals surface area contributed by atoms with Gasteiger partial charge in [-0.25, -0.2) is 4.98 Å². The molecule has 1 saturated carbocycles. The van der Waals surface area contributed by atoms with Crippen LogP contribution in [0.25, 0.3) is 10.2 Å². The van der Waals surface area contributed by atoms with Gasteiger partial charge in [0.2, 0.25) is 5.91 Å². The van der Waals surface area contributed by atoms with Crippen LogP contribution in [0.5, 0.6) is 0 Å². The Labute approximate surface area is 104 Å². The summed E-state index contributed by atoms with van der Waals surface area (Å²) in [4.78, 5) is 18.3. The zero-order valence-electron chi connectivity index (χ0n) is 9.88. The maximum atomic E-state index is 12.1. The van der Waals surface area contributed by atoms with Crippen molar-refractivity contribution in [3.05, 3.63) is 24.3 Å². The first-order valence-electron chi connectivity index (χ1n) is 5.80. The third-order valence-corrected chi connectivity index (χ3v) is 4.44. The molecule has 2 aromatic rings. The molecule has 1 aliphatic carbocycles. The number of carbonyl (C=O) groups is 1. The van der Waals surface area contributed by atoms with Crippen molar-refractivity contribution in [3.63, 3.8) is 0 Å². The summed E-state index contributed by atoms with van der Waals surface area (Å²) in [5, 5.41) is 0.801. The maximum absolute atomic E-state index is 12.1. The molecule has 0 bridgehead atoms. The fourth-order valence-corrected chi connectivity index (χ4v) is 2.95. The van der Waals surface area contributed by atoms with Crippen LogP contribution >= 0.6 is 11.3 Å². The van der Waals surface area contributed by atoms with Crippen molar-refractivity contribution in [1.29, 1.82) is 0 Å². The van der Waals surface area contributed by atoms with Gasteiger partial charge < -0.3 is 0 Å². The predicted molar refractivity (Wildman–Crippen MR) is 70.3 cm³/mol. The summed E-state index contributed by atoms with van der Waals surface area (Å²) in [7, 11) is 1.82. The van der Waals surface area contributed by atoms with Gasteiger partial charge in [0.05, 0.1) is 10.2 Å². The molecule has 0 unspecified atom stereocenters. The number of amides is 1. The fourth-order valence-electron chi connectivity index (χ4n) is 2.01. The Kier molecular flexibility index (Phi) is 2.40. The molecule has 1 aromatic heterocycles. The second kappa shape index (κ2) is 3.81. The number of nitrogens with zero attached hydrogens (tertiary/aromatic N) is 2. The average Bonchev–Trinajstić information content (AvgIpc) is 2.92. The molecule has 1 amide bonds. The Balaban J connectivity index is 1.90. The molecule has 1 aromatic carbocycles. The van der Waals surface area contributed by atoms with E-state index in [1.54, 1.807) is 16.2 Å². The maximum Gasteiger partial charge on any atom is 0.231 e. The zero-order valence-corrected chi connectivity index (χ0v) is 10.7. The van der Waals surface area contributed by atoms with Crippen molar-refractivity contribution in [2.24, 2.45) is 11.8 Å². The molecule has 88 valence electrons. The quantitative estimate of drug-likeness (QED) is 0.816. The van der Waals surface area contributed by atoms with Gasteiger partial charge in [-0.15, -0.1) is 0 Å². The van der Waals surface area contributed by atoms with Crippen LogP contribution in [-0.4, -0.2) is 17.9 Å². The number of hydrogen-bond acceptors (Lipinski definition) is 3. The van der Waals surface area contributed by atoms with E-state index in [0.717, 1.165) is 21.8 Å². The van der Waals surface area contributed by atoms with Crippen LogP contribution < -0.4 is 4.90 Å². The molecule has 3 nitrogen and oxygen atoms in total. The van der Waals surface area contributed by atoms with Crippen molar-refractivity contribution < 1.29 is 4.79 Å². The van der Waals surface area contributed by atoms with Crippen LogP contribution in [0.2, 0.25) is 0 Å². The van der Waals surface area contributed by atoms with Gasteiger partial charge in [-0.1, -0.05) is 30.4 Å². The van der Waals surface area contributed by atoms with E-state index >= 15 is 0 Å². The molecule has 3 rings (SSSR count). The van der Waals surface area contributed by atoms with Gasteiger partial charge in [-0.3, -0.25) is 9.69 Å². The number of para-hydroxylation sites is 1. The Morgan fingerprint density at radius 3 is 2.82 bits per heavy atom. The molecule has 0 radical (unpaired) electrons. The monoisotopic (exact) mass is 246 g/mol. The normalized spacial score (nSPS) is 22.7. The standard InChI is InChI=1S/C13H14N2OS/c1-8-7-9(8)12(16)15(2)13-14-10-5-3-4-6-11(10)17-13/h3-6,8-9H,7H2,1-2H3/t8-,9+/m1/s1. The molecule has 2 atom stereocenters. The van der Waals surface area contributed by atoms with Crippen LogP contribution in [0, 0.1) is 11.8 Å². The lowest BCUT2D eigenvalue weighted by molar-refractivity contribution is -0.119. The van der Waals surface area contributed by atoms with E-state index in [1.807, 2.05) is 31.3 Å². The molecule has 0 saturated heterocycles. The molecular weight excluding hydrogens is 232 g/mol. The smallest absolute Gasteiger partial charge is 0.231 e. The number of anilines is 1. The van der Waals surface area contributed by atoms with Crippen molar-refractivity contribution in [2.45, 2.75) is 13.3 Å². The number of rotatable bonds is 2. The van der Waals surface area contributed by atoms with Gasteiger partial charge in [0.1, 0.15) is 0 Å². The number of fused-ring (bicyclic) bond motifs is 1. The number of aromatic nitrogens is 1. The summed E-state index contributed by atoms with van der Waals surface area (Å²) < 4.78 is 1.13. The first-order chi connectivity index (χ1) is 8.16. The fraction of sp³-hybridized carbons (Fsp3) is 0.385. The highest BCUT2D eigenvalue weighted by atomic mass is 32.1. The van der Waals surface area contributed by atoms with E-state index in [1.165, 1.54) is 0 Å². The van der Waals surface area contributed by atoms with Gasteiger partial charge in [0.25, 0.3) is 0 Å². The SMILES string of the molecule is C[C@@H]1C[C@@H]1C(=O)N(C)c1nc2ccccc2s1. The van der Waals surface area contributed by atoms with Gasteiger partial charge in [0, 0.05) is 13.0 Å². The topological polar surface area (TPSA) is 33.2 Å². The van der Waals surface area contributed by atoms with Gasteiger partial charge in [0.15, 0.2) is 5.13 Å². The largest absolute Gasteiger partial charge is 0.291 e. The summed E-state index contributed by atoms with van der Waals surface area (Å²) in [6.45, 7) is 2.12. The van der Waals surface area contributed by atoms with Crippen LogP contribution in [0.4, 0.5) is 5.13 Å². The minimum atomic E-state index is 0.205. The minimum absolute atomic E-state index is 0.205. The lowest BCUT2D eigenvalue weighted by atomic mass is 10.3. The summed E-state index contributed by atoms with van der Waals surface area (Å²) >= 11 is 1.57. The molecular formula is C13H14N2OS. The molecule has 0 N–H and O–H groups in total. The first-order valence-corrected chi connectivity index (χ1v) is 6.61. The average molecular weight is 246 g/mol. The van der Waals surface area contributed by atoms with Crippen LogP contribution in [0.3, 0.4) is 0 Å². The first kappa shape index (κ1) is 10.7. The molecule has 1 heterocycles. The van der Waals surface area contributed by atoms with E-state index in [9.17, 15) is 4.79 Å². The summed E-state index contributed by atoms with van der Waals surface area (Å²) in [5.41, 5.74) is 0.969. The number of benzene rings is 1. The number of thiazole rings is 1. The molecule has 17 heavy (non-hydrogen) atoms. The lowest BCUT2D eigenvalue weighted by Crippen LogP contribution is -2.27. The van der Waals surface area contributed by atoms with Crippen LogP contribution in [0.15, 0.2) is 24.3 Å². The van der Waals surface area contributed by atoms with E-state index in [4.69, 9.17) is 0 Å². The highest BCUT2D eigenvalue weighted by molar-refractivity contribution is 7.22. The third-order valence-electron chi connectivity index (χ3n) is 3.33. The lowest BCUT2D eigenvalue weighted by Gasteiger charge is -2.12. The predicted octanol–water partition coefficient (Wildman–Crippen LogP) is 2.92. The Morgan fingerprint density at radius 1 is 1.47 bits per heavy atom. The minimum Gasteiger partial charge on any atom is -0.291 e. The summed E-state index contributed by atoms with van der Waals surface area (Å²) in [5.74, 6) is 0.961. The van der Waals surface area contributed by atoms with Gasteiger partial charge in [-0.2, -0.15) is 0 Å². The van der Waals surface area contributed by atoms with Crippen LogP contribution in [0.1, 0.15) is 13.3 Å². The van der Waals surface area contributed by atoms with E-state index < -0.39 is 0 Å². The molecule has 1 aliphatic rings. The Morgan fingerprint density at radius 2 is 2.18 bits per heavy atom. The second-order valence-electron chi connectivity index (χ2n) is 4.68. The van der Waals surface area contributed by atoms with Crippen molar-refractivity contribution in [2.75, 3.05) is 11.9 Å². The number of hydrogen-bond donors (Lipinski definition) is 0. The third kappa shape index (κ3) is 1.82. The Hall–Kier alpha value is -1.42. The second-order valence-corrected chi connectivity index (χ2v) is 5.69. The van der Waals surface area contributed by atoms with Crippen molar-refractivity contribution in [1.82, 2.24) is 4.98 Å². The molecule has 0 aliphatic heterocycles. The van der Waals surface area contributed by atoms with Crippen molar-refractivity contribution in [3.8, 4) is 0 Å². The highest BCUT2D eigenvalue weighted by Crippen LogP contribution is 2.40. The van der Waals surface area contributed by atoms with Crippen LogP contribution in [-0.2, 0) is 4.79 Å². The van der Waals surface area contributed by atoms with Crippen molar-refractivity contribution >= 4 is 32.6 Å². The summed E-state index contributed by atoms with van der Waals surface area (Å²) in [6.07, 6.45) is 1.02. The van der Waals surface area contributed by atoms with E-state index in [2.05, 4.69) is 11.9 Å². The number of carbonyl (C=O) groups excluding carboxylic acids is 1. The highest BCUT2D eigenvalue weighted by Gasteiger charge is 2.41. The molecule has 4 heteroatoms. The molecule has 1 fully saturated rings. The van der Waals surface area contributed by atoms with E-state index in [0.29, 0.717) is 5.92 Å². The Bertz CT molecular complexity index is 545.